The number of carbonyl (C=O) groups excluding carboxylic acids is 5. The van der Waals surface area contributed by atoms with Crippen LogP contribution in [-0.2, 0) is 20.9 Å². The molecule has 1 fully saturated rings. The van der Waals surface area contributed by atoms with Gasteiger partial charge in [0.1, 0.15) is 5.75 Å². The van der Waals surface area contributed by atoms with E-state index in [2.05, 4.69) is 20.7 Å². The predicted molar refractivity (Wildman–Crippen MR) is 167 cm³/mol. The molecule has 0 bridgehead atoms. The minimum Gasteiger partial charge on any atom is -0.482 e. The van der Waals surface area contributed by atoms with Crippen LogP contribution in [0.3, 0.4) is 0 Å². The topological polar surface area (TPSA) is 143 Å². The van der Waals surface area contributed by atoms with Crippen LogP contribution >= 0.6 is 0 Å². The van der Waals surface area contributed by atoms with Crippen LogP contribution in [0.1, 0.15) is 75.2 Å². The summed E-state index contributed by atoms with van der Waals surface area (Å²) in [6, 6.07) is 19.0. The number of methoxy groups -OCH3 is 1. The van der Waals surface area contributed by atoms with Gasteiger partial charge in [-0.2, -0.15) is 0 Å². The minimum absolute atomic E-state index is 0.0812. The van der Waals surface area contributed by atoms with Gasteiger partial charge in [-0.05, 0) is 85.8 Å². The van der Waals surface area contributed by atoms with Gasteiger partial charge < -0.3 is 30.3 Å². The summed E-state index contributed by atoms with van der Waals surface area (Å²) in [7, 11) is 1.37. The number of carbonyl (C=O) groups is 5. The molecule has 0 radical (unpaired) electrons. The summed E-state index contributed by atoms with van der Waals surface area (Å²) < 4.78 is 10.1. The van der Waals surface area contributed by atoms with Crippen LogP contribution in [0, 0.1) is 0 Å². The Balaban J connectivity index is 1.11. The molecule has 3 N–H and O–H groups in total. The van der Waals surface area contributed by atoms with E-state index in [1.807, 2.05) is 17.0 Å². The molecule has 11 nitrogen and oxygen atoms in total. The molecule has 45 heavy (non-hydrogen) atoms. The summed E-state index contributed by atoms with van der Waals surface area (Å²) in [4.78, 5) is 63.3. The lowest BCUT2D eigenvalue weighted by atomic mass is 10.1. The molecule has 1 aliphatic heterocycles. The number of fused-ring (bicyclic) bond motifs is 1. The fourth-order valence-electron chi connectivity index (χ4n) is 4.97. The largest absolute Gasteiger partial charge is 0.482 e. The highest BCUT2D eigenvalue weighted by molar-refractivity contribution is 6.04. The number of ether oxygens (including phenoxy) is 2. The number of nitrogens with zero attached hydrogens (tertiary/aromatic N) is 1. The first-order chi connectivity index (χ1) is 21.8. The summed E-state index contributed by atoms with van der Waals surface area (Å²) >= 11 is 0. The Bertz CT molecular complexity index is 1570. The van der Waals surface area contributed by atoms with E-state index in [0.29, 0.717) is 59.7 Å². The van der Waals surface area contributed by atoms with Crippen molar-refractivity contribution < 1.29 is 33.4 Å². The number of hydrogen-bond acceptors (Lipinski definition) is 7. The lowest BCUT2D eigenvalue weighted by molar-refractivity contribution is -0.140. The summed E-state index contributed by atoms with van der Waals surface area (Å²) in [5, 5.41) is 8.44. The predicted octanol–water partition coefficient (Wildman–Crippen LogP) is 4.54. The van der Waals surface area contributed by atoms with E-state index in [-0.39, 0.29) is 42.2 Å². The van der Waals surface area contributed by atoms with Gasteiger partial charge in [-0.3, -0.25) is 24.0 Å². The molecule has 1 aliphatic carbocycles. The van der Waals surface area contributed by atoms with Gasteiger partial charge in [0.25, 0.3) is 23.6 Å². The fraction of sp³-hybridized carbons (Fsp3) is 0.324. The maximum atomic E-state index is 13.4. The highest BCUT2D eigenvalue weighted by Crippen LogP contribution is 2.33. The first-order valence-corrected chi connectivity index (χ1v) is 15.0. The number of amides is 4. The third-order valence-corrected chi connectivity index (χ3v) is 7.65. The molecular weight excluding hydrogens is 576 g/mol. The number of nitrogens with one attached hydrogen (secondary N) is 3. The Morgan fingerprint density at radius 3 is 2.29 bits per heavy atom. The molecule has 234 valence electrons. The molecule has 0 unspecified atom stereocenters. The summed E-state index contributed by atoms with van der Waals surface area (Å²) in [5.41, 5.74) is 3.44. The van der Waals surface area contributed by atoms with Gasteiger partial charge in [0.15, 0.2) is 6.61 Å². The maximum Gasteiger partial charge on any atom is 0.305 e. The van der Waals surface area contributed by atoms with Gasteiger partial charge in [0, 0.05) is 47.9 Å². The van der Waals surface area contributed by atoms with Crippen molar-refractivity contribution in [3.05, 3.63) is 89.0 Å². The van der Waals surface area contributed by atoms with Crippen molar-refractivity contribution in [3.8, 4) is 5.75 Å². The standard InChI is InChI=1S/C34H36N4O7/c1-44-31(40)5-3-2-4-18-35-32(41)23-10-13-26(14-11-23)36-33(42)24-8-6-22(7-9-24)20-38(27-15-16-27)34(43)25-12-17-28-29(19-25)45-21-30(39)37-28/h6-14,17,19,27H,2-5,15-16,18,20-21H2,1H3,(H,35,41)(H,36,42)(H,37,39). The highest BCUT2D eigenvalue weighted by Gasteiger charge is 2.33. The highest BCUT2D eigenvalue weighted by atomic mass is 16.5. The fourth-order valence-corrected chi connectivity index (χ4v) is 4.97. The molecule has 0 atom stereocenters. The second-order valence-corrected chi connectivity index (χ2v) is 11.1. The van der Waals surface area contributed by atoms with Crippen molar-refractivity contribution in [2.45, 2.75) is 51.1 Å². The van der Waals surface area contributed by atoms with E-state index < -0.39 is 0 Å². The zero-order valence-corrected chi connectivity index (χ0v) is 25.1. The van der Waals surface area contributed by atoms with E-state index in [9.17, 15) is 24.0 Å². The van der Waals surface area contributed by atoms with Crippen LogP contribution in [0.15, 0.2) is 66.7 Å². The second kappa shape index (κ2) is 14.5. The number of anilines is 2. The molecule has 3 aromatic carbocycles. The normalized spacial score (nSPS) is 13.5. The zero-order chi connectivity index (χ0) is 31.8. The second-order valence-electron chi connectivity index (χ2n) is 11.1. The van der Waals surface area contributed by atoms with Crippen LogP contribution in [0.25, 0.3) is 0 Å². The van der Waals surface area contributed by atoms with Crippen molar-refractivity contribution in [2.75, 3.05) is 30.9 Å². The zero-order valence-electron chi connectivity index (χ0n) is 25.1. The number of hydrogen-bond donors (Lipinski definition) is 3. The van der Waals surface area contributed by atoms with E-state index in [4.69, 9.17) is 4.74 Å². The number of rotatable bonds is 13. The Morgan fingerprint density at radius 1 is 0.889 bits per heavy atom. The lowest BCUT2D eigenvalue weighted by Gasteiger charge is -2.24. The van der Waals surface area contributed by atoms with Crippen molar-refractivity contribution in [3.63, 3.8) is 0 Å². The van der Waals surface area contributed by atoms with Crippen molar-refractivity contribution >= 4 is 41.0 Å². The van der Waals surface area contributed by atoms with E-state index in [0.717, 1.165) is 31.2 Å². The number of benzene rings is 3. The SMILES string of the molecule is COC(=O)CCCCCNC(=O)c1ccc(NC(=O)c2ccc(CN(C(=O)c3ccc4c(c3)OCC(=O)N4)C3CC3)cc2)cc1. The first-order valence-electron chi connectivity index (χ1n) is 15.0. The van der Waals surface area contributed by atoms with Crippen molar-refractivity contribution in [1.29, 1.82) is 0 Å². The van der Waals surface area contributed by atoms with Crippen LogP contribution in [0.5, 0.6) is 5.75 Å². The average Bonchev–Trinajstić information content (AvgIpc) is 3.90. The molecule has 11 heteroatoms. The molecule has 0 spiro atoms. The Kier molecular flexibility index (Phi) is 10.1. The van der Waals surface area contributed by atoms with Gasteiger partial charge in [-0.25, -0.2) is 0 Å². The first kappa shape index (κ1) is 31.2. The maximum absolute atomic E-state index is 13.4. The van der Waals surface area contributed by atoms with E-state index >= 15 is 0 Å². The molecule has 4 amide bonds. The number of esters is 1. The van der Waals surface area contributed by atoms with E-state index in [1.54, 1.807) is 54.6 Å². The van der Waals surface area contributed by atoms with Crippen LogP contribution < -0.4 is 20.7 Å². The lowest BCUT2D eigenvalue weighted by Crippen LogP contribution is -2.33. The van der Waals surface area contributed by atoms with Gasteiger partial charge in [-0.15, -0.1) is 0 Å². The van der Waals surface area contributed by atoms with Crippen LogP contribution in [-0.4, -0.2) is 60.8 Å². The Labute approximate surface area is 261 Å². The monoisotopic (exact) mass is 612 g/mol. The molecule has 1 heterocycles. The van der Waals surface area contributed by atoms with Gasteiger partial charge in [0.2, 0.25) is 0 Å². The minimum atomic E-state index is -0.290. The van der Waals surface area contributed by atoms with E-state index in [1.165, 1.54) is 7.11 Å². The van der Waals surface area contributed by atoms with Crippen LogP contribution in [0.4, 0.5) is 11.4 Å². The van der Waals surface area contributed by atoms with Crippen LogP contribution in [0.2, 0.25) is 0 Å². The summed E-state index contributed by atoms with van der Waals surface area (Å²) in [6.07, 6.45) is 4.53. The smallest absolute Gasteiger partial charge is 0.305 e. The summed E-state index contributed by atoms with van der Waals surface area (Å²) in [5.74, 6) is -0.592. The third kappa shape index (κ3) is 8.47. The molecular formula is C34H36N4O7. The Hall–Kier alpha value is -5.19. The van der Waals surface area contributed by atoms with Gasteiger partial charge in [0.05, 0.1) is 12.8 Å². The molecule has 5 rings (SSSR count). The average molecular weight is 613 g/mol. The molecule has 0 saturated heterocycles. The van der Waals surface area contributed by atoms with Gasteiger partial charge in [-0.1, -0.05) is 18.6 Å². The molecule has 3 aromatic rings. The molecule has 1 saturated carbocycles. The van der Waals surface area contributed by atoms with Gasteiger partial charge >= 0.3 is 5.97 Å². The van der Waals surface area contributed by atoms with Crippen molar-refractivity contribution in [2.24, 2.45) is 0 Å². The Morgan fingerprint density at radius 2 is 1.58 bits per heavy atom. The summed E-state index contributed by atoms with van der Waals surface area (Å²) in [6.45, 7) is 0.824. The quantitative estimate of drug-likeness (QED) is 0.190. The third-order valence-electron chi connectivity index (χ3n) is 7.65. The molecule has 0 aromatic heterocycles. The number of unbranched alkanes of at least 4 members (excludes halogenated alkanes) is 2. The van der Waals surface area contributed by atoms with Crippen molar-refractivity contribution in [1.82, 2.24) is 10.2 Å². The molecule has 2 aliphatic rings.